The summed E-state index contributed by atoms with van der Waals surface area (Å²) < 4.78 is 18.6. The molecule has 0 spiro atoms. The Kier molecular flexibility index (Phi) is 4.22. The number of ether oxygens (including phenoxy) is 1. The van der Waals surface area contributed by atoms with Crippen LogP contribution in [-0.2, 0) is 4.74 Å². The van der Waals surface area contributed by atoms with Crippen LogP contribution in [-0.4, -0.2) is 28.9 Å². The van der Waals surface area contributed by atoms with Crippen molar-refractivity contribution in [1.82, 2.24) is 0 Å². The number of fused-ring (bicyclic) bond motifs is 1. The molecule has 2 aromatic rings. The smallest absolute Gasteiger partial charge is 0.234 e. The standard InChI is InChI=1S/C17H11BrFNO5/c1-25-17-14(20-7-2-3-9(19)8(18)6-7)15(23)12-10(21)4-5-11(22)13(12)16(17)24/h2-6,20-22H,1H3. The SMILES string of the molecule is COC1=C(Nc2ccc(F)c(Br)c2)C(=O)c2c(O)ccc(O)c2C1=O. The summed E-state index contributed by atoms with van der Waals surface area (Å²) in [5, 5.41) is 22.6. The Hall–Kier alpha value is -2.87. The van der Waals surface area contributed by atoms with Crippen molar-refractivity contribution in [2.45, 2.75) is 0 Å². The molecule has 0 fully saturated rings. The van der Waals surface area contributed by atoms with Gasteiger partial charge in [-0.05, 0) is 46.3 Å². The number of allylic oxidation sites excluding steroid dienone is 2. The van der Waals surface area contributed by atoms with E-state index in [0.717, 1.165) is 12.1 Å². The largest absolute Gasteiger partial charge is 0.507 e. The fourth-order valence-electron chi connectivity index (χ4n) is 2.52. The highest BCUT2D eigenvalue weighted by Gasteiger charge is 2.37. The quantitative estimate of drug-likeness (QED) is 0.675. The van der Waals surface area contributed by atoms with Crippen molar-refractivity contribution in [2.75, 3.05) is 12.4 Å². The maximum absolute atomic E-state index is 13.4. The van der Waals surface area contributed by atoms with Gasteiger partial charge in [-0.2, -0.15) is 0 Å². The van der Waals surface area contributed by atoms with E-state index < -0.39 is 28.9 Å². The Morgan fingerprint density at radius 2 is 1.64 bits per heavy atom. The Morgan fingerprint density at radius 1 is 1.04 bits per heavy atom. The fourth-order valence-corrected chi connectivity index (χ4v) is 2.90. The number of carbonyl (C=O) groups excluding carboxylic acids is 2. The van der Waals surface area contributed by atoms with Crippen molar-refractivity contribution in [3.05, 3.63) is 63.2 Å². The number of phenolic OH excluding ortho intramolecular Hbond substituents is 2. The van der Waals surface area contributed by atoms with Gasteiger partial charge in [-0.15, -0.1) is 0 Å². The summed E-state index contributed by atoms with van der Waals surface area (Å²) in [5.74, 6) is -3.19. The number of phenols is 2. The maximum Gasteiger partial charge on any atom is 0.234 e. The summed E-state index contributed by atoms with van der Waals surface area (Å²) in [6, 6.07) is 6.15. The summed E-state index contributed by atoms with van der Waals surface area (Å²) in [5.41, 5.74) is -0.552. The van der Waals surface area contributed by atoms with Crippen molar-refractivity contribution in [3.8, 4) is 11.5 Å². The summed E-state index contributed by atoms with van der Waals surface area (Å²) in [7, 11) is 1.20. The number of anilines is 1. The topological polar surface area (TPSA) is 95.9 Å². The minimum atomic E-state index is -0.755. The molecular formula is C17H11BrFNO5. The summed E-state index contributed by atoms with van der Waals surface area (Å²) in [6.45, 7) is 0. The fraction of sp³-hybridized carbons (Fsp3) is 0.0588. The van der Waals surface area contributed by atoms with Gasteiger partial charge in [0.25, 0.3) is 0 Å². The van der Waals surface area contributed by atoms with Crippen LogP contribution in [0, 0.1) is 5.82 Å². The molecule has 6 nitrogen and oxygen atoms in total. The maximum atomic E-state index is 13.4. The molecule has 0 amide bonds. The molecule has 3 rings (SSSR count). The summed E-state index contributed by atoms with van der Waals surface area (Å²) in [4.78, 5) is 25.3. The van der Waals surface area contributed by atoms with Crippen molar-refractivity contribution in [2.24, 2.45) is 0 Å². The Bertz CT molecular complexity index is 954. The number of benzene rings is 2. The molecule has 0 saturated carbocycles. The van der Waals surface area contributed by atoms with Gasteiger partial charge in [0.1, 0.15) is 23.0 Å². The second kappa shape index (κ2) is 6.21. The first kappa shape index (κ1) is 17.0. The minimum Gasteiger partial charge on any atom is -0.507 e. The number of carbonyl (C=O) groups is 2. The lowest BCUT2D eigenvalue weighted by atomic mass is 9.89. The molecule has 0 aromatic heterocycles. The van der Waals surface area contributed by atoms with Crippen LogP contribution < -0.4 is 5.32 Å². The third-order valence-corrected chi connectivity index (χ3v) is 4.28. The van der Waals surface area contributed by atoms with Crippen molar-refractivity contribution in [1.29, 1.82) is 0 Å². The molecule has 1 aliphatic rings. The number of nitrogens with one attached hydrogen (secondary N) is 1. The van der Waals surface area contributed by atoms with Crippen LogP contribution in [0.25, 0.3) is 0 Å². The number of ketones is 2. The van der Waals surface area contributed by atoms with Gasteiger partial charge in [0.05, 0.1) is 22.7 Å². The van der Waals surface area contributed by atoms with Crippen LogP contribution in [0.4, 0.5) is 10.1 Å². The molecule has 2 aromatic carbocycles. The molecular weight excluding hydrogens is 397 g/mol. The third kappa shape index (κ3) is 2.74. The molecule has 0 radical (unpaired) electrons. The number of methoxy groups -OCH3 is 1. The van der Waals surface area contributed by atoms with Crippen LogP contribution in [0.1, 0.15) is 20.7 Å². The highest BCUT2D eigenvalue weighted by Crippen LogP contribution is 2.37. The molecule has 0 heterocycles. The minimum absolute atomic E-state index is 0.160. The van der Waals surface area contributed by atoms with E-state index in [2.05, 4.69) is 21.2 Å². The first-order chi connectivity index (χ1) is 11.8. The van der Waals surface area contributed by atoms with Gasteiger partial charge in [-0.3, -0.25) is 9.59 Å². The van der Waals surface area contributed by atoms with Crippen molar-refractivity contribution in [3.63, 3.8) is 0 Å². The first-order valence-corrected chi connectivity index (χ1v) is 7.79. The van der Waals surface area contributed by atoms with E-state index in [0.29, 0.717) is 5.69 Å². The number of Topliss-reactive ketones (excluding diaryl/α,β-unsaturated/α-hetero) is 2. The van der Waals surface area contributed by atoms with Crippen LogP contribution in [0.15, 0.2) is 46.3 Å². The lowest BCUT2D eigenvalue weighted by Crippen LogP contribution is -2.27. The Labute approximate surface area is 149 Å². The molecule has 0 bridgehead atoms. The van der Waals surface area contributed by atoms with Gasteiger partial charge in [-0.1, -0.05) is 0 Å². The van der Waals surface area contributed by atoms with E-state index in [1.807, 2.05) is 0 Å². The molecule has 0 atom stereocenters. The van der Waals surface area contributed by atoms with E-state index in [4.69, 9.17) is 4.74 Å². The van der Waals surface area contributed by atoms with Crippen molar-refractivity contribution < 1.29 is 28.9 Å². The molecule has 0 saturated heterocycles. The summed E-state index contributed by atoms with van der Waals surface area (Å²) in [6.07, 6.45) is 0. The number of aromatic hydroxyl groups is 2. The average Bonchev–Trinajstić information content (AvgIpc) is 2.58. The predicted molar refractivity (Wildman–Crippen MR) is 90.2 cm³/mol. The van der Waals surface area contributed by atoms with Gasteiger partial charge in [0.15, 0.2) is 5.76 Å². The number of rotatable bonds is 3. The lowest BCUT2D eigenvalue weighted by Gasteiger charge is -2.22. The van der Waals surface area contributed by atoms with E-state index >= 15 is 0 Å². The van der Waals surface area contributed by atoms with Gasteiger partial charge in [0.2, 0.25) is 11.6 Å². The zero-order valence-corrected chi connectivity index (χ0v) is 14.3. The Balaban J connectivity index is 2.14. The van der Waals surface area contributed by atoms with Crippen molar-refractivity contribution >= 4 is 33.2 Å². The second-order valence-electron chi connectivity index (χ2n) is 5.17. The number of hydrogen-bond acceptors (Lipinski definition) is 6. The summed E-state index contributed by atoms with van der Waals surface area (Å²) >= 11 is 3.03. The van der Waals surface area contributed by atoms with Gasteiger partial charge >= 0.3 is 0 Å². The number of halogens is 2. The second-order valence-corrected chi connectivity index (χ2v) is 6.03. The Morgan fingerprint density at radius 3 is 2.20 bits per heavy atom. The normalized spacial score (nSPS) is 13.7. The highest BCUT2D eigenvalue weighted by atomic mass is 79.9. The van der Waals surface area contributed by atoms with Gasteiger partial charge in [-0.25, -0.2) is 4.39 Å². The first-order valence-electron chi connectivity index (χ1n) is 6.99. The molecule has 0 aliphatic heterocycles. The van der Waals surface area contributed by atoms with Gasteiger partial charge < -0.3 is 20.3 Å². The monoisotopic (exact) mass is 407 g/mol. The molecule has 3 N–H and O–H groups in total. The van der Waals surface area contributed by atoms with Crippen LogP contribution >= 0.6 is 15.9 Å². The molecule has 1 aliphatic carbocycles. The molecule has 8 heteroatoms. The van der Waals surface area contributed by atoms with Crippen LogP contribution in [0.5, 0.6) is 11.5 Å². The zero-order valence-electron chi connectivity index (χ0n) is 12.8. The van der Waals surface area contributed by atoms with E-state index in [9.17, 15) is 24.2 Å². The number of hydrogen-bond donors (Lipinski definition) is 3. The molecule has 0 unspecified atom stereocenters. The molecule has 128 valence electrons. The van der Waals surface area contributed by atoms with Crippen LogP contribution in [0.2, 0.25) is 0 Å². The van der Waals surface area contributed by atoms with E-state index in [1.54, 1.807) is 0 Å². The highest BCUT2D eigenvalue weighted by molar-refractivity contribution is 9.10. The van der Waals surface area contributed by atoms with Crippen LogP contribution in [0.3, 0.4) is 0 Å². The molecule has 25 heavy (non-hydrogen) atoms. The zero-order chi connectivity index (χ0) is 18.3. The van der Waals surface area contributed by atoms with E-state index in [-0.39, 0.29) is 27.1 Å². The third-order valence-electron chi connectivity index (χ3n) is 3.67. The predicted octanol–water partition coefficient (Wildman–Crippen LogP) is 3.35. The van der Waals surface area contributed by atoms with Gasteiger partial charge in [0, 0.05) is 5.69 Å². The lowest BCUT2D eigenvalue weighted by molar-refractivity contribution is 0.0902. The van der Waals surface area contributed by atoms with E-state index in [1.165, 1.54) is 25.3 Å². The average molecular weight is 408 g/mol.